The van der Waals surface area contributed by atoms with Crippen LogP contribution in [0.1, 0.15) is 40.2 Å². The summed E-state index contributed by atoms with van der Waals surface area (Å²) in [6, 6.07) is 25.6. The average molecular weight is 819 g/mol. The van der Waals surface area contributed by atoms with Crippen molar-refractivity contribution in [3.05, 3.63) is 135 Å². The molecule has 2 aliphatic carbocycles. The number of nitrogens with zero attached hydrogens (tertiary/aromatic N) is 2. The predicted octanol–water partition coefficient (Wildman–Crippen LogP) is 7.45. The Morgan fingerprint density at radius 3 is 2.26 bits per heavy atom. The molecule has 0 aromatic heterocycles. The van der Waals surface area contributed by atoms with Gasteiger partial charge < -0.3 is 20.1 Å². The fourth-order valence-corrected chi connectivity index (χ4v) is 10.3. The number of phenols is 2. The van der Waals surface area contributed by atoms with Gasteiger partial charge in [-0.05, 0) is 83.8 Å². The quantitative estimate of drug-likeness (QED) is 0.0954. The highest BCUT2D eigenvalue weighted by molar-refractivity contribution is 6.36. The molecule has 5 aromatic rings. The minimum Gasteiger partial charge on any atom is -0.507 e. The number of hydrogen-bond donors (Lipinski definition) is 4. The van der Waals surface area contributed by atoms with Gasteiger partial charge in [0.1, 0.15) is 22.8 Å². The number of carbonyl (C=O) groups is 5. The van der Waals surface area contributed by atoms with Crippen LogP contribution >= 0.6 is 23.2 Å². The Hall–Kier alpha value is -6.37. The van der Waals surface area contributed by atoms with Gasteiger partial charge in [0.25, 0.3) is 11.8 Å². The molecule has 0 radical (unpaired) electrons. The van der Waals surface area contributed by atoms with Crippen LogP contribution in [0.3, 0.4) is 0 Å². The molecule has 9 rings (SSSR count). The third kappa shape index (κ3) is 5.31. The van der Waals surface area contributed by atoms with Crippen molar-refractivity contribution in [3.8, 4) is 17.2 Å². The summed E-state index contributed by atoms with van der Waals surface area (Å²) in [5.74, 6) is -8.24. The number of carboxylic acid groups (broad SMARTS) is 1. The van der Waals surface area contributed by atoms with Crippen LogP contribution in [0.4, 0.5) is 11.4 Å². The van der Waals surface area contributed by atoms with E-state index in [1.807, 2.05) is 18.2 Å². The summed E-state index contributed by atoms with van der Waals surface area (Å²) < 4.78 is 5.49. The number of carboxylic acids is 1. The molecule has 0 unspecified atom stereocenters. The molecular formula is C44H33Cl2N3O9. The molecule has 1 saturated carbocycles. The number of anilines is 2. The molecule has 0 spiro atoms. The van der Waals surface area contributed by atoms with E-state index >= 15 is 9.59 Å². The Labute approximate surface area is 340 Å². The number of phenolic OH excluding ortho intramolecular Hbond substituents is 1. The lowest BCUT2D eigenvalue weighted by atomic mass is 9.49. The molecular weight excluding hydrogens is 785 g/mol. The normalized spacial score (nSPS) is 25.0. The monoisotopic (exact) mass is 817 g/mol. The average Bonchev–Trinajstić information content (AvgIpc) is 3.59. The Morgan fingerprint density at radius 1 is 0.828 bits per heavy atom. The van der Waals surface area contributed by atoms with Crippen LogP contribution in [-0.4, -0.2) is 57.0 Å². The van der Waals surface area contributed by atoms with E-state index in [-0.39, 0.29) is 35.0 Å². The van der Waals surface area contributed by atoms with Crippen LogP contribution in [0.5, 0.6) is 17.2 Å². The first-order valence-corrected chi connectivity index (χ1v) is 19.2. The maximum Gasteiger partial charge on any atom is 0.339 e. The minimum absolute atomic E-state index is 0.00128. The second-order valence-electron chi connectivity index (χ2n) is 15.0. The molecule has 0 bridgehead atoms. The summed E-state index contributed by atoms with van der Waals surface area (Å²) in [6.07, 6.45) is 2.03. The van der Waals surface area contributed by atoms with Gasteiger partial charge in [0, 0.05) is 22.4 Å². The van der Waals surface area contributed by atoms with Gasteiger partial charge >= 0.3 is 5.97 Å². The molecule has 6 atom stereocenters. The maximum atomic E-state index is 15.6. The number of benzene rings is 5. The second-order valence-corrected chi connectivity index (χ2v) is 15.8. The third-order valence-electron chi connectivity index (χ3n) is 12.3. The van der Waals surface area contributed by atoms with Crippen LogP contribution in [-0.2, 0) is 24.6 Å². The number of rotatable bonds is 7. The zero-order valence-electron chi connectivity index (χ0n) is 30.6. The van der Waals surface area contributed by atoms with E-state index in [1.165, 1.54) is 19.2 Å². The van der Waals surface area contributed by atoms with Crippen molar-refractivity contribution < 1.29 is 44.0 Å². The van der Waals surface area contributed by atoms with E-state index < -0.39 is 75.9 Å². The Balaban J connectivity index is 1.26. The SMILES string of the molecule is COc1ccc([C@@]23C(=O)N(Nc4ccc(Cl)cc4Cl)C(=O)[C@@H]2C[C@@H]2C(=CC[C@@H]4C(=O)N(c5ccc(C(=O)O)c(O)c5)C(=O)[C@@H]42)[C@@H]3c2ccc(O)c3ccccc23)cc1. The summed E-state index contributed by atoms with van der Waals surface area (Å²) >= 11 is 12.8. The van der Waals surface area contributed by atoms with Crippen molar-refractivity contribution in [1.29, 1.82) is 0 Å². The molecule has 4 N–H and O–H groups in total. The highest BCUT2D eigenvalue weighted by Gasteiger charge is 2.70. The van der Waals surface area contributed by atoms with Crippen LogP contribution in [0.2, 0.25) is 10.0 Å². The standard InChI is InChI=1S/C44H33Cl2N3O9/c1-58-24-10-6-21(7-11-24)44-32(40(53)49(43(44)57)47-34-16-8-22(45)18-33(34)46)20-31-28(38(44)27-15-17-35(50)26-5-3-2-4-25(26)27)13-14-30-37(31)41(54)48(39(30)52)23-9-12-29(42(55)56)36(51)19-23/h2-13,15-19,30-32,37-38,47,50-51H,14,20H2,1H3,(H,55,56)/t30-,31+,32-,37-,38-,44+/m0/s1. The molecule has 292 valence electrons. The van der Waals surface area contributed by atoms with Crippen LogP contribution in [0, 0.1) is 23.7 Å². The van der Waals surface area contributed by atoms with E-state index in [0.717, 1.165) is 22.0 Å². The molecule has 5 aromatic carbocycles. The number of aromatic hydroxyl groups is 2. The number of ether oxygens (including phenoxy) is 1. The van der Waals surface area contributed by atoms with Crippen molar-refractivity contribution in [2.45, 2.75) is 24.2 Å². The third-order valence-corrected chi connectivity index (χ3v) is 12.8. The fourth-order valence-electron chi connectivity index (χ4n) is 9.84. The molecule has 4 aliphatic rings. The summed E-state index contributed by atoms with van der Waals surface area (Å²) in [5, 5.41) is 33.7. The van der Waals surface area contributed by atoms with E-state index in [0.29, 0.717) is 38.2 Å². The first-order valence-electron chi connectivity index (χ1n) is 18.5. The number of hydrazine groups is 1. The van der Waals surface area contributed by atoms with Gasteiger partial charge in [0.15, 0.2) is 0 Å². The molecule has 4 amide bonds. The van der Waals surface area contributed by atoms with E-state index in [1.54, 1.807) is 60.7 Å². The smallest absolute Gasteiger partial charge is 0.339 e. The molecule has 12 nitrogen and oxygen atoms in total. The van der Waals surface area contributed by atoms with Gasteiger partial charge in [-0.3, -0.25) is 24.6 Å². The number of halogens is 2. The number of imide groups is 2. The summed E-state index contributed by atoms with van der Waals surface area (Å²) in [7, 11) is 1.52. The highest BCUT2D eigenvalue weighted by Crippen LogP contribution is 2.65. The van der Waals surface area contributed by atoms with E-state index in [2.05, 4.69) is 5.43 Å². The van der Waals surface area contributed by atoms with Crippen LogP contribution in [0.15, 0.2) is 109 Å². The first kappa shape index (κ1) is 37.2. The van der Waals surface area contributed by atoms with Crippen molar-refractivity contribution in [3.63, 3.8) is 0 Å². The summed E-state index contributed by atoms with van der Waals surface area (Å²) in [4.78, 5) is 72.2. The van der Waals surface area contributed by atoms with Crippen molar-refractivity contribution in [2.24, 2.45) is 23.7 Å². The first-order chi connectivity index (χ1) is 27.9. The molecule has 2 heterocycles. The van der Waals surface area contributed by atoms with Gasteiger partial charge in [0.2, 0.25) is 11.8 Å². The number of nitrogens with one attached hydrogen (secondary N) is 1. The highest BCUT2D eigenvalue weighted by atomic mass is 35.5. The van der Waals surface area contributed by atoms with Crippen molar-refractivity contribution in [1.82, 2.24) is 5.01 Å². The molecule has 58 heavy (non-hydrogen) atoms. The zero-order chi connectivity index (χ0) is 40.8. The number of carbonyl (C=O) groups excluding carboxylic acids is 4. The Kier molecular flexibility index (Phi) is 8.75. The number of amides is 4. The molecule has 2 saturated heterocycles. The maximum absolute atomic E-state index is 15.6. The second kappa shape index (κ2) is 13.6. The number of hydrogen-bond acceptors (Lipinski definition) is 9. The number of fused-ring (bicyclic) bond motifs is 5. The Morgan fingerprint density at radius 2 is 1.57 bits per heavy atom. The minimum atomic E-state index is -1.63. The van der Waals surface area contributed by atoms with Crippen LogP contribution < -0.4 is 15.1 Å². The van der Waals surface area contributed by atoms with Crippen molar-refractivity contribution in [2.75, 3.05) is 17.4 Å². The van der Waals surface area contributed by atoms with Gasteiger partial charge in [-0.2, -0.15) is 5.01 Å². The van der Waals surface area contributed by atoms with Gasteiger partial charge in [-0.15, -0.1) is 0 Å². The molecule has 14 heteroatoms. The fraction of sp³-hybridized carbons (Fsp3) is 0.205. The van der Waals surface area contributed by atoms with Gasteiger partial charge in [-0.25, -0.2) is 9.69 Å². The van der Waals surface area contributed by atoms with Gasteiger partial charge in [-0.1, -0.05) is 77.3 Å². The summed E-state index contributed by atoms with van der Waals surface area (Å²) in [5.41, 5.74) is 3.05. The lowest BCUT2D eigenvalue weighted by Gasteiger charge is -2.51. The lowest BCUT2D eigenvalue weighted by Crippen LogP contribution is -2.53. The predicted molar refractivity (Wildman–Crippen MR) is 214 cm³/mol. The zero-order valence-corrected chi connectivity index (χ0v) is 32.1. The number of allylic oxidation sites excluding steroid dienone is 2. The Bertz CT molecular complexity index is 2670. The number of methoxy groups -OCH3 is 1. The largest absolute Gasteiger partial charge is 0.507 e. The topological polar surface area (TPSA) is 174 Å². The van der Waals surface area contributed by atoms with E-state index in [4.69, 9.17) is 27.9 Å². The summed E-state index contributed by atoms with van der Waals surface area (Å²) in [6.45, 7) is 0. The lowest BCUT2D eigenvalue weighted by molar-refractivity contribution is -0.138. The van der Waals surface area contributed by atoms with Crippen molar-refractivity contribution >= 4 is 74.9 Å². The molecule has 3 fully saturated rings. The molecule has 2 aliphatic heterocycles. The van der Waals surface area contributed by atoms with Gasteiger partial charge in [0.05, 0.1) is 46.7 Å². The van der Waals surface area contributed by atoms with Crippen LogP contribution in [0.25, 0.3) is 10.8 Å². The number of aromatic carboxylic acids is 1. The van der Waals surface area contributed by atoms with E-state index in [9.17, 15) is 29.7 Å².